The van der Waals surface area contributed by atoms with E-state index in [2.05, 4.69) is 0 Å². The number of Topliss-reactive ketones (excluding diaryl/α,β-unsaturated/α-hetero) is 2. The summed E-state index contributed by atoms with van der Waals surface area (Å²) in [5.41, 5.74) is 0. The molecule has 0 aromatic carbocycles. The number of hydrogen-bond acceptors (Lipinski definition) is 3. The summed E-state index contributed by atoms with van der Waals surface area (Å²) in [5.74, 6) is -0.271. The standard InChI is InChI=1S/C10H18O3S/c1-7(2)9(11)5-14(13)6-10(12)8(3)4/h7-8H,5-6H2,1-4H3. The van der Waals surface area contributed by atoms with Crippen LogP contribution in [-0.4, -0.2) is 27.3 Å². The molecule has 0 amide bonds. The maximum atomic E-state index is 11.3. The summed E-state index contributed by atoms with van der Waals surface area (Å²) in [7, 11) is -1.32. The fourth-order valence-corrected chi connectivity index (χ4v) is 2.11. The van der Waals surface area contributed by atoms with Gasteiger partial charge in [0.1, 0.15) is 11.6 Å². The first-order valence-corrected chi connectivity index (χ1v) is 6.23. The molecule has 0 aliphatic rings. The number of carbonyl (C=O) groups is 2. The molecule has 3 nitrogen and oxygen atoms in total. The number of ketones is 2. The molecule has 0 aromatic rings. The Morgan fingerprint density at radius 1 is 0.929 bits per heavy atom. The van der Waals surface area contributed by atoms with Gasteiger partial charge in [0.2, 0.25) is 0 Å². The van der Waals surface area contributed by atoms with Crippen LogP contribution in [0.4, 0.5) is 0 Å². The minimum Gasteiger partial charge on any atom is -0.298 e. The minimum atomic E-state index is -1.32. The SMILES string of the molecule is CC(C)C(=O)CS(=O)CC(=O)C(C)C. The quantitative estimate of drug-likeness (QED) is 0.673. The summed E-state index contributed by atoms with van der Waals surface area (Å²) in [4.78, 5) is 22.4. The van der Waals surface area contributed by atoms with Gasteiger partial charge >= 0.3 is 0 Å². The Bertz CT molecular complexity index is 220. The molecular formula is C10H18O3S. The molecule has 0 saturated heterocycles. The molecule has 0 atom stereocenters. The highest BCUT2D eigenvalue weighted by molar-refractivity contribution is 7.86. The Labute approximate surface area is 87.7 Å². The Kier molecular flexibility index (Phi) is 5.84. The normalized spacial score (nSPS) is 11.4. The molecule has 0 radical (unpaired) electrons. The van der Waals surface area contributed by atoms with E-state index in [0.717, 1.165) is 0 Å². The van der Waals surface area contributed by atoms with Gasteiger partial charge < -0.3 is 0 Å². The highest BCUT2D eigenvalue weighted by Gasteiger charge is 2.16. The average Bonchev–Trinajstić information content (AvgIpc) is 2.03. The fourth-order valence-electron chi connectivity index (χ4n) is 0.702. The van der Waals surface area contributed by atoms with Crippen molar-refractivity contribution in [1.29, 1.82) is 0 Å². The van der Waals surface area contributed by atoms with Gasteiger partial charge in [-0.15, -0.1) is 0 Å². The summed E-state index contributed by atoms with van der Waals surface area (Å²) >= 11 is 0. The van der Waals surface area contributed by atoms with Gasteiger partial charge in [0.25, 0.3) is 0 Å². The lowest BCUT2D eigenvalue weighted by Gasteiger charge is -2.05. The van der Waals surface area contributed by atoms with E-state index < -0.39 is 10.8 Å². The molecule has 0 bridgehead atoms. The third-order valence-corrected chi connectivity index (χ3v) is 3.11. The van der Waals surface area contributed by atoms with Crippen molar-refractivity contribution in [2.24, 2.45) is 11.8 Å². The molecule has 0 heterocycles. The van der Waals surface area contributed by atoms with Gasteiger partial charge in [-0.25, -0.2) is 0 Å². The molecule has 0 aromatic heterocycles. The van der Waals surface area contributed by atoms with Crippen molar-refractivity contribution in [2.45, 2.75) is 27.7 Å². The second-order valence-corrected chi connectivity index (χ2v) is 5.43. The second kappa shape index (κ2) is 6.06. The predicted octanol–water partition coefficient (Wildman–Crippen LogP) is 1.19. The summed E-state index contributed by atoms with van der Waals surface area (Å²) in [6.45, 7) is 7.07. The molecular weight excluding hydrogens is 200 g/mol. The Morgan fingerprint density at radius 3 is 1.43 bits per heavy atom. The van der Waals surface area contributed by atoms with Crippen LogP contribution in [0.5, 0.6) is 0 Å². The van der Waals surface area contributed by atoms with Gasteiger partial charge in [0.15, 0.2) is 0 Å². The third-order valence-electron chi connectivity index (χ3n) is 1.89. The van der Waals surface area contributed by atoms with E-state index in [4.69, 9.17) is 0 Å². The highest BCUT2D eigenvalue weighted by atomic mass is 32.2. The fraction of sp³-hybridized carbons (Fsp3) is 0.800. The van der Waals surface area contributed by atoms with Crippen LogP contribution in [0.1, 0.15) is 27.7 Å². The molecule has 0 unspecified atom stereocenters. The first-order chi connectivity index (χ1) is 6.34. The minimum absolute atomic E-state index is 0.0100. The number of rotatable bonds is 6. The molecule has 0 aliphatic carbocycles. The molecule has 0 aliphatic heterocycles. The average molecular weight is 218 g/mol. The van der Waals surface area contributed by atoms with Crippen LogP contribution in [0.25, 0.3) is 0 Å². The predicted molar refractivity (Wildman–Crippen MR) is 57.6 cm³/mol. The van der Waals surface area contributed by atoms with Crippen molar-refractivity contribution in [3.8, 4) is 0 Å². The van der Waals surface area contributed by atoms with Gasteiger partial charge in [0.05, 0.1) is 11.5 Å². The van der Waals surface area contributed by atoms with E-state index in [-0.39, 0.29) is 34.9 Å². The van der Waals surface area contributed by atoms with Gasteiger partial charge in [-0.3, -0.25) is 13.8 Å². The van der Waals surface area contributed by atoms with Crippen LogP contribution in [0.2, 0.25) is 0 Å². The molecule has 0 N–H and O–H groups in total. The van der Waals surface area contributed by atoms with Gasteiger partial charge in [-0.05, 0) is 0 Å². The number of hydrogen-bond donors (Lipinski definition) is 0. The first kappa shape index (κ1) is 13.5. The van der Waals surface area contributed by atoms with E-state index >= 15 is 0 Å². The van der Waals surface area contributed by atoms with Crippen LogP contribution < -0.4 is 0 Å². The Morgan fingerprint density at radius 2 is 1.21 bits per heavy atom. The summed E-state index contributed by atoms with van der Waals surface area (Å²) in [5, 5.41) is 0. The van der Waals surface area contributed by atoms with E-state index in [1.54, 1.807) is 27.7 Å². The van der Waals surface area contributed by atoms with E-state index in [9.17, 15) is 13.8 Å². The van der Waals surface area contributed by atoms with Crippen LogP contribution in [0, 0.1) is 11.8 Å². The van der Waals surface area contributed by atoms with Crippen molar-refractivity contribution < 1.29 is 13.8 Å². The topological polar surface area (TPSA) is 51.2 Å². The monoisotopic (exact) mass is 218 g/mol. The largest absolute Gasteiger partial charge is 0.298 e. The van der Waals surface area contributed by atoms with E-state index in [1.807, 2.05) is 0 Å². The highest BCUT2D eigenvalue weighted by Crippen LogP contribution is 2.00. The number of carbonyl (C=O) groups excluding carboxylic acids is 2. The molecule has 0 fully saturated rings. The molecule has 0 saturated carbocycles. The van der Waals surface area contributed by atoms with Crippen LogP contribution in [0.3, 0.4) is 0 Å². The summed E-state index contributed by atoms with van der Waals surface area (Å²) in [6, 6.07) is 0. The maximum absolute atomic E-state index is 11.3. The zero-order valence-corrected chi connectivity index (χ0v) is 10.0. The molecule has 4 heteroatoms. The van der Waals surface area contributed by atoms with Crippen molar-refractivity contribution in [3.05, 3.63) is 0 Å². The van der Waals surface area contributed by atoms with E-state index in [0.29, 0.717) is 0 Å². The van der Waals surface area contributed by atoms with Crippen LogP contribution >= 0.6 is 0 Å². The summed E-state index contributed by atoms with van der Waals surface area (Å²) < 4.78 is 11.3. The zero-order valence-electron chi connectivity index (χ0n) is 9.20. The van der Waals surface area contributed by atoms with Crippen LogP contribution in [-0.2, 0) is 20.4 Å². The van der Waals surface area contributed by atoms with Crippen molar-refractivity contribution in [1.82, 2.24) is 0 Å². The maximum Gasteiger partial charge on any atom is 0.147 e. The molecule has 82 valence electrons. The Balaban J connectivity index is 4.00. The van der Waals surface area contributed by atoms with Crippen molar-refractivity contribution in [2.75, 3.05) is 11.5 Å². The third kappa shape index (κ3) is 5.27. The van der Waals surface area contributed by atoms with Crippen molar-refractivity contribution >= 4 is 22.4 Å². The van der Waals surface area contributed by atoms with Gasteiger partial charge in [-0.2, -0.15) is 0 Å². The lowest BCUT2D eigenvalue weighted by Crippen LogP contribution is -2.23. The van der Waals surface area contributed by atoms with Crippen molar-refractivity contribution in [3.63, 3.8) is 0 Å². The smallest absolute Gasteiger partial charge is 0.147 e. The van der Waals surface area contributed by atoms with Gasteiger partial charge in [0, 0.05) is 22.6 Å². The second-order valence-electron chi connectivity index (χ2n) is 3.97. The van der Waals surface area contributed by atoms with Gasteiger partial charge in [-0.1, -0.05) is 27.7 Å². The molecule has 0 spiro atoms. The first-order valence-electron chi connectivity index (χ1n) is 4.75. The van der Waals surface area contributed by atoms with E-state index in [1.165, 1.54) is 0 Å². The molecule has 14 heavy (non-hydrogen) atoms. The summed E-state index contributed by atoms with van der Waals surface area (Å²) in [6.07, 6.45) is 0. The van der Waals surface area contributed by atoms with Crippen LogP contribution in [0.15, 0.2) is 0 Å². The zero-order chi connectivity index (χ0) is 11.3. The molecule has 0 rings (SSSR count). The Hall–Kier alpha value is -0.510. The lowest BCUT2D eigenvalue weighted by atomic mass is 10.1. The lowest BCUT2D eigenvalue weighted by molar-refractivity contribution is -0.119.